The first-order valence-electron chi connectivity index (χ1n) is 8.51. The summed E-state index contributed by atoms with van der Waals surface area (Å²) in [6, 6.07) is 7.71. The molecule has 0 saturated carbocycles. The molecule has 0 bridgehead atoms. The lowest BCUT2D eigenvalue weighted by molar-refractivity contribution is -0.137. The maximum atomic E-state index is 12.8. The second kappa shape index (κ2) is 7.46. The second-order valence-corrected chi connectivity index (χ2v) is 6.61. The second-order valence-electron chi connectivity index (χ2n) is 6.61. The molecule has 1 saturated heterocycles. The Morgan fingerprint density at radius 2 is 2.11 bits per heavy atom. The van der Waals surface area contributed by atoms with Crippen molar-refractivity contribution in [2.45, 2.75) is 32.1 Å². The van der Waals surface area contributed by atoms with E-state index in [2.05, 4.69) is 5.32 Å². The number of rotatable bonds is 5. The van der Waals surface area contributed by atoms with Gasteiger partial charge in [-0.1, -0.05) is 12.1 Å². The number of hydrogen-bond acceptors (Lipinski definition) is 3. The van der Waals surface area contributed by atoms with Crippen molar-refractivity contribution in [3.8, 4) is 0 Å². The summed E-state index contributed by atoms with van der Waals surface area (Å²) in [4.78, 5) is 26.1. The summed E-state index contributed by atoms with van der Waals surface area (Å²) in [6.45, 7) is 2.16. The molecule has 5 nitrogen and oxygen atoms in total. The summed E-state index contributed by atoms with van der Waals surface area (Å²) in [6.07, 6.45) is -2.86. The fourth-order valence-electron chi connectivity index (χ4n) is 3.09. The number of benzene rings is 1. The molecule has 1 aliphatic heterocycles. The van der Waals surface area contributed by atoms with Gasteiger partial charge < -0.3 is 14.6 Å². The topological polar surface area (TPSA) is 62.6 Å². The highest BCUT2D eigenvalue weighted by Gasteiger charge is 2.35. The first-order chi connectivity index (χ1) is 12.7. The molecule has 0 radical (unpaired) electrons. The third kappa shape index (κ3) is 4.50. The third-order valence-electron chi connectivity index (χ3n) is 4.58. The number of carbonyl (C=O) groups is 2. The van der Waals surface area contributed by atoms with Crippen molar-refractivity contribution in [3.63, 3.8) is 0 Å². The Morgan fingerprint density at radius 1 is 1.33 bits per heavy atom. The summed E-state index contributed by atoms with van der Waals surface area (Å²) in [7, 11) is 0. The van der Waals surface area contributed by atoms with Gasteiger partial charge in [0.2, 0.25) is 11.8 Å². The molecule has 2 aromatic rings. The molecule has 2 heterocycles. The first-order valence-corrected chi connectivity index (χ1v) is 8.51. The van der Waals surface area contributed by atoms with Crippen LogP contribution >= 0.6 is 0 Å². The maximum absolute atomic E-state index is 12.8. The highest BCUT2D eigenvalue weighted by molar-refractivity contribution is 5.89. The van der Waals surface area contributed by atoms with E-state index in [1.54, 1.807) is 19.1 Å². The van der Waals surface area contributed by atoms with E-state index in [4.69, 9.17) is 4.42 Å². The monoisotopic (exact) mass is 380 g/mol. The van der Waals surface area contributed by atoms with Gasteiger partial charge in [-0.05, 0) is 36.8 Å². The molecule has 0 aliphatic carbocycles. The van der Waals surface area contributed by atoms with Gasteiger partial charge in [0.1, 0.15) is 5.76 Å². The molecule has 1 aromatic carbocycles. The lowest BCUT2D eigenvalue weighted by Gasteiger charge is -2.19. The normalized spacial score (nSPS) is 18.6. The van der Waals surface area contributed by atoms with E-state index in [1.807, 2.05) is 0 Å². The molecule has 1 fully saturated rings. The van der Waals surface area contributed by atoms with Gasteiger partial charge in [0, 0.05) is 13.0 Å². The molecule has 0 spiro atoms. The van der Waals surface area contributed by atoms with Crippen LogP contribution in [0.3, 0.4) is 0 Å². The van der Waals surface area contributed by atoms with Gasteiger partial charge in [0.05, 0.1) is 30.3 Å². The molecule has 8 heteroatoms. The zero-order valence-corrected chi connectivity index (χ0v) is 14.6. The largest absolute Gasteiger partial charge is 0.467 e. The molecular formula is C19H19F3N2O3. The van der Waals surface area contributed by atoms with Crippen LogP contribution < -0.4 is 5.32 Å². The van der Waals surface area contributed by atoms with E-state index >= 15 is 0 Å². The van der Waals surface area contributed by atoms with Crippen molar-refractivity contribution < 1.29 is 27.2 Å². The van der Waals surface area contributed by atoms with Crippen LogP contribution in [0.25, 0.3) is 0 Å². The van der Waals surface area contributed by atoms with Crippen LogP contribution in [0.15, 0.2) is 47.1 Å². The van der Waals surface area contributed by atoms with E-state index in [9.17, 15) is 22.8 Å². The minimum Gasteiger partial charge on any atom is -0.467 e. The Bertz CT molecular complexity index is 818. The van der Waals surface area contributed by atoms with Crippen molar-refractivity contribution >= 4 is 11.8 Å². The Hall–Kier alpha value is -2.77. The van der Waals surface area contributed by atoms with Gasteiger partial charge in [0.15, 0.2) is 0 Å². The van der Waals surface area contributed by atoms with Crippen molar-refractivity contribution in [1.29, 1.82) is 0 Å². The molecule has 1 aliphatic rings. The van der Waals surface area contributed by atoms with Crippen LogP contribution in [-0.2, 0) is 22.3 Å². The van der Waals surface area contributed by atoms with E-state index in [0.29, 0.717) is 17.9 Å². The van der Waals surface area contributed by atoms with Crippen LogP contribution in [0.5, 0.6) is 0 Å². The summed E-state index contributed by atoms with van der Waals surface area (Å²) in [5, 5.41) is 2.71. The van der Waals surface area contributed by atoms with E-state index in [-0.39, 0.29) is 24.8 Å². The average molecular weight is 380 g/mol. The quantitative estimate of drug-likeness (QED) is 0.863. The Labute approximate surface area is 154 Å². The van der Waals surface area contributed by atoms with Crippen LogP contribution in [0, 0.1) is 5.92 Å². The average Bonchev–Trinajstić information content (AvgIpc) is 3.25. The minimum atomic E-state index is -4.44. The van der Waals surface area contributed by atoms with Crippen LogP contribution in [0.1, 0.15) is 36.3 Å². The fourth-order valence-corrected chi connectivity index (χ4v) is 3.09. The van der Waals surface area contributed by atoms with E-state index in [1.165, 1.54) is 23.3 Å². The minimum absolute atomic E-state index is 0.0713. The van der Waals surface area contributed by atoms with Crippen molar-refractivity contribution in [2.75, 3.05) is 6.54 Å². The summed E-state index contributed by atoms with van der Waals surface area (Å²) in [5.41, 5.74) is -0.406. The van der Waals surface area contributed by atoms with Gasteiger partial charge >= 0.3 is 6.18 Å². The summed E-state index contributed by atoms with van der Waals surface area (Å²) in [5.74, 6) is -0.420. The molecular weight excluding hydrogens is 361 g/mol. The Balaban J connectivity index is 1.61. The zero-order chi connectivity index (χ0) is 19.6. The first kappa shape index (κ1) is 19.0. The highest BCUT2D eigenvalue weighted by atomic mass is 19.4. The molecule has 3 rings (SSSR count). The molecule has 144 valence electrons. The van der Waals surface area contributed by atoms with Crippen LogP contribution in [-0.4, -0.2) is 23.3 Å². The third-order valence-corrected chi connectivity index (χ3v) is 4.58. The molecule has 2 unspecified atom stereocenters. The molecule has 1 aromatic heterocycles. The van der Waals surface area contributed by atoms with E-state index < -0.39 is 23.7 Å². The summed E-state index contributed by atoms with van der Waals surface area (Å²) < 4.78 is 43.7. The van der Waals surface area contributed by atoms with Gasteiger partial charge in [-0.25, -0.2) is 0 Å². The predicted octanol–water partition coefficient (Wildman–Crippen LogP) is 3.52. The standard InChI is InChI=1S/C19H19F3N2O3/c1-12(13-4-2-5-15(8-13)19(20,21)22)23-18(26)14-9-17(25)24(10-14)11-16-6-3-7-27-16/h2-8,12,14H,9-11H2,1H3,(H,23,26). The molecule has 27 heavy (non-hydrogen) atoms. The smallest absolute Gasteiger partial charge is 0.416 e. The molecule has 1 N–H and O–H groups in total. The number of nitrogens with one attached hydrogen (secondary N) is 1. The number of halogens is 3. The van der Waals surface area contributed by atoms with Crippen molar-refractivity contribution in [2.24, 2.45) is 5.92 Å². The molecule has 2 amide bonds. The van der Waals surface area contributed by atoms with Crippen LogP contribution in [0.4, 0.5) is 13.2 Å². The fraction of sp³-hybridized carbons (Fsp3) is 0.368. The van der Waals surface area contributed by atoms with Gasteiger partial charge in [-0.2, -0.15) is 13.2 Å². The highest BCUT2D eigenvalue weighted by Crippen LogP contribution is 2.31. The number of furan rings is 1. The Morgan fingerprint density at radius 3 is 2.78 bits per heavy atom. The van der Waals surface area contributed by atoms with Crippen molar-refractivity contribution in [3.05, 3.63) is 59.5 Å². The van der Waals surface area contributed by atoms with Crippen molar-refractivity contribution in [1.82, 2.24) is 10.2 Å². The van der Waals surface area contributed by atoms with Gasteiger partial charge in [-0.3, -0.25) is 9.59 Å². The predicted molar refractivity (Wildman–Crippen MR) is 90.2 cm³/mol. The number of hydrogen-bond donors (Lipinski definition) is 1. The SMILES string of the molecule is CC(NC(=O)C1CC(=O)N(Cc2ccco2)C1)c1cccc(C(F)(F)F)c1. The number of alkyl halides is 3. The summed E-state index contributed by atoms with van der Waals surface area (Å²) >= 11 is 0. The number of amides is 2. The van der Waals surface area contributed by atoms with Crippen LogP contribution in [0.2, 0.25) is 0 Å². The zero-order valence-electron chi connectivity index (χ0n) is 14.6. The number of likely N-dealkylation sites (tertiary alicyclic amines) is 1. The van der Waals surface area contributed by atoms with E-state index in [0.717, 1.165) is 12.1 Å². The maximum Gasteiger partial charge on any atom is 0.416 e. The Kier molecular flexibility index (Phi) is 5.25. The number of carbonyl (C=O) groups excluding carboxylic acids is 2. The molecule has 2 atom stereocenters. The lowest BCUT2D eigenvalue weighted by Crippen LogP contribution is -2.34. The van der Waals surface area contributed by atoms with Gasteiger partial charge in [0.25, 0.3) is 0 Å². The number of nitrogens with zero attached hydrogens (tertiary/aromatic N) is 1. The van der Waals surface area contributed by atoms with Gasteiger partial charge in [-0.15, -0.1) is 0 Å². The lowest BCUT2D eigenvalue weighted by atomic mass is 10.0.